The van der Waals surface area contributed by atoms with Crippen molar-refractivity contribution >= 4 is 6.21 Å². The second-order valence-electron chi connectivity index (χ2n) is 1.03. The van der Waals surface area contributed by atoms with Crippen molar-refractivity contribution in [1.82, 2.24) is 0 Å². The summed E-state index contributed by atoms with van der Waals surface area (Å²) in [5.41, 5.74) is 0. The Hall–Kier alpha value is -0.850. The summed E-state index contributed by atoms with van der Waals surface area (Å²) in [6.45, 7) is 15.5. The van der Waals surface area contributed by atoms with Crippen molar-refractivity contribution in [2.24, 2.45) is 4.99 Å². The zero-order chi connectivity index (χ0) is 11.5. The molecule has 0 atom stereocenters. The lowest BCUT2D eigenvalue weighted by Crippen LogP contribution is -1.57. The van der Waals surface area contributed by atoms with Crippen LogP contribution >= 0.6 is 0 Å². The van der Waals surface area contributed by atoms with Crippen LogP contribution in [0.25, 0.3) is 0 Å². The van der Waals surface area contributed by atoms with Crippen LogP contribution in [0, 0.1) is 0 Å². The molecule has 0 fully saturated rings. The minimum absolute atomic E-state index is 1.71. The Balaban J connectivity index is -0.0000000573. The number of aliphatic imine (C=N–C) groups is 1. The third kappa shape index (κ3) is 94.1. The highest BCUT2D eigenvalue weighted by Crippen LogP contribution is 1.66. The van der Waals surface area contributed by atoms with E-state index < -0.39 is 0 Å². The molecule has 0 aromatic heterocycles. The number of hydrogen-bond acceptors (Lipinski definition) is 1. The van der Waals surface area contributed by atoms with Gasteiger partial charge in [0.15, 0.2) is 0 Å². The summed E-state index contributed by atoms with van der Waals surface area (Å²) in [5.74, 6) is 0. The van der Waals surface area contributed by atoms with Gasteiger partial charge in [0.05, 0.1) is 0 Å². The van der Waals surface area contributed by atoms with Crippen molar-refractivity contribution in [3.63, 3.8) is 0 Å². The maximum Gasteiger partial charge on any atom is 0.0277 e. The van der Waals surface area contributed by atoms with Gasteiger partial charge in [0.25, 0.3) is 0 Å². The first-order chi connectivity index (χ1) is 6.41. The fourth-order valence-corrected chi connectivity index (χ4v) is 0.214. The Labute approximate surface area is 85.3 Å². The Kier molecular flexibility index (Phi) is 117. The van der Waals surface area contributed by atoms with Crippen LogP contribution < -0.4 is 0 Å². The van der Waals surface area contributed by atoms with Crippen molar-refractivity contribution in [3.05, 3.63) is 24.8 Å². The number of hydrogen-bond donors (Lipinski definition) is 0. The fraction of sp³-hybridized carbons (Fsp3) is 0.583. The molecular weight excluding hydrogens is 158 g/mol. The summed E-state index contributed by atoms with van der Waals surface area (Å²) in [4.78, 5) is 3.71. The number of rotatable bonds is 2. The van der Waals surface area contributed by atoms with E-state index in [9.17, 15) is 0 Å². The average Bonchev–Trinajstić information content (AvgIpc) is 2.27. The molecule has 0 heterocycles. The molecule has 0 saturated carbocycles. The van der Waals surface area contributed by atoms with Gasteiger partial charge < -0.3 is 0 Å². The van der Waals surface area contributed by atoms with Crippen LogP contribution in [-0.2, 0) is 0 Å². The quantitative estimate of drug-likeness (QED) is 0.443. The molecule has 0 unspecified atom stereocenters. The smallest absolute Gasteiger partial charge is 0.0277 e. The predicted octanol–water partition coefficient (Wildman–Crippen LogP) is 4.51. The molecule has 0 spiro atoms. The van der Waals surface area contributed by atoms with E-state index in [0.717, 1.165) is 0 Å². The zero-order valence-electron chi connectivity index (χ0n) is 10.5. The molecule has 0 aliphatic heterocycles. The van der Waals surface area contributed by atoms with Crippen LogP contribution in [0.3, 0.4) is 0 Å². The summed E-state index contributed by atoms with van der Waals surface area (Å²) in [6, 6.07) is 0. The van der Waals surface area contributed by atoms with Crippen molar-refractivity contribution in [1.29, 1.82) is 0 Å². The molecule has 80 valence electrons. The molecular formula is C12H27N. The molecule has 0 saturated heterocycles. The Morgan fingerprint density at radius 2 is 1.23 bits per heavy atom. The second-order valence-corrected chi connectivity index (χ2v) is 1.03. The van der Waals surface area contributed by atoms with Crippen molar-refractivity contribution in [3.8, 4) is 0 Å². The molecule has 0 aromatic rings. The van der Waals surface area contributed by atoms with E-state index in [-0.39, 0.29) is 0 Å². The Morgan fingerprint density at radius 1 is 0.846 bits per heavy atom. The number of allylic oxidation sites excluding steroid dienone is 3. The fourth-order valence-electron chi connectivity index (χ4n) is 0.214. The lowest BCUT2D eigenvalue weighted by Gasteiger charge is -1.65. The van der Waals surface area contributed by atoms with Gasteiger partial charge in [-0.25, -0.2) is 0 Å². The molecule has 0 aliphatic carbocycles. The van der Waals surface area contributed by atoms with Gasteiger partial charge in [0.2, 0.25) is 0 Å². The summed E-state index contributed by atoms with van der Waals surface area (Å²) in [7, 11) is 1.73. The van der Waals surface area contributed by atoms with E-state index in [1.165, 1.54) is 0 Å². The van der Waals surface area contributed by atoms with Crippen LogP contribution in [0.4, 0.5) is 0 Å². The Bertz CT molecular complexity index is 91.3. The summed E-state index contributed by atoms with van der Waals surface area (Å²) < 4.78 is 0. The van der Waals surface area contributed by atoms with Gasteiger partial charge in [-0.3, -0.25) is 4.99 Å². The molecule has 13 heavy (non-hydrogen) atoms. The van der Waals surface area contributed by atoms with E-state index in [0.29, 0.717) is 0 Å². The monoisotopic (exact) mass is 185 g/mol. The third-order valence-corrected chi connectivity index (χ3v) is 0.482. The van der Waals surface area contributed by atoms with Crippen molar-refractivity contribution in [2.75, 3.05) is 7.05 Å². The molecule has 1 heteroatoms. The van der Waals surface area contributed by atoms with Gasteiger partial charge in [-0.2, -0.15) is 0 Å². The van der Waals surface area contributed by atoms with Gasteiger partial charge in [-0.05, 0) is 6.08 Å². The van der Waals surface area contributed by atoms with Gasteiger partial charge in [0, 0.05) is 13.3 Å². The molecule has 0 aliphatic rings. The second kappa shape index (κ2) is 66.7. The first kappa shape index (κ1) is 22.7. The molecule has 0 aromatic carbocycles. The van der Waals surface area contributed by atoms with Gasteiger partial charge in [-0.1, -0.05) is 60.3 Å². The van der Waals surface area contributed by atoms with Crippen LogP contribution in [0.1, 0.15) is 41.5 Å². The van der Waals surface area contributed by atoms with Crippen LogP contribution in [0.5, 0.6) is 0 Å². The van der Waals surface area contributed by atoms with Gasteiger partial charge >= 0.3 is 0 Å². The highest BCUT2D eigenvalue weighted by molar-refractivity contribution is 5.71. The molecule has 0 bridgehead atoms. The highest BCUT2D eigenvalue weighted by atomic mass is 14.6. The van der Waals surface area contributed by atoms with Gasteiger partial charge in [0.1, 0.15) is 0 Å². The maximum absolute atomic E-state index is 3.71. The van der Waals surface area contributed by atoms with E-state index >= 15 is 0 Å². The highest BCUT2D eigenvalue weighted by Gasteiger charge is 1.52. The SMILES string of the molecule is C=C/C=C\C=NC.CC.CC.CC. The molecule has 0 radical (unpaired) electrons. The summed E-state index contributed by atoms with van der Waals surface area (Å²) in [6.07, 6.45) is 7.07. The Morgan fingerprint density at radius 3 is 1.46 bits per heavy atom. The van der Waals surface area contributed by atoms with Crippen LogP contribution in [0.15, 0.2) is 29.8 Å². The standard InChI is InChI=1S/C6H9N.3C2H6/c1-3-4-5-6-7-2;3*1-2/h3-6H,1H2,2H3;3*1-2H3/b5-4-,7-6?;;;. The first-order valence-corrected chi connectivity index (χ1v) is 5.11. The normalized spacial score (nSPS) is 7.31. The van der Waals surface area contributed by atoms with Crippen molar-refractivity contribution < 1.29 is 0 Å². The lowest BCUT2D eigenvalue weighted by molar-refractivity contribution is 1.48. The first-order valence-electron chi connectivity index (χ1n) is 5.11. The third-order valence-electron chi connectivity index (χ3n) is 0.482. The van der Waals surface area contributed by atoms with Crippen molar-refractivity contribution in [2.45, 2.75) is 41.5 Å². The van der Waals surface area contributed by atoms with Crippen LogP contribution in [0.2, 0.25) is 0 Å². The minimum Gasteiger partial charge on any atom is -0.297 e. The maximum atomic E-state index is 3.71. The van der Waals surface area contributed by atoms with Gasteiger partial charge in [-0.15, -0.1) is 0 Å². The average molecular weight is 185 g/mol. The largest absolute Gasteiger partial charge is 0.297 e. The predicted molar refractivity (Wildman–Crippen MR) is 67.8 cm³/mol. The minimum atomic E-state index is 1.71. The van der Waals surface area contributed by atoms with E-state index in [2.05, 4.69) is 11.6 Å². The van der Waals surface area contributed by atoms with E-state index in [1.807, 2.05) is 53.7 Å². The summed E-state index contributed by atoms with van der Waals surface area (Å²) >= 11 is 0. The van der Waals surface area contributed by atoms with E-state index in [4.69, 9.17) is 0 Å². The number of nitrogens with zero attached hydrogens (tertiary/aromatic N) is 1. The molecule has 0 rings (SSSR count). The molecule has 0 amide bonds. The molecule has 0 N–H and O–H groups in total. The zero-order valence-corrected chi connectivity index (χ0v) is 10.5. The van der Waals surface area contributed by atoms with E-state index in [1.54, 1.807) is 19.3 Å². The molecule has 1 nitrogen and oxygen atoms in total. The lowest BCUT2D eigenvalue weighted by atomic mass is 10.5. The summed E-state index contributed by atoms with van der Waals surface area (Å²) in [5, 5.41) is 0. The van der Waals surface area contributed by atoms with Crippen LogP contribution in [-0.4, -0.2) is 13.3 Å². The topological polar surface area (TPSA) is 12.4 Å².